The van der Waals surface area contributed by atoms with Crippen molar-refractivity contribution in [2.24, 2.45) is 0 Å². The first-order valence-corrected chi connectivity index (χ1v) is 8.38. The molecule has 8 heteroatoms. The standard InChI is InChI=1S/C17H22N2O6.H2/c1-3-15(25-17(21)23-11-4-7-19(2)8-5-11)24-16(20)13-10-14-12(18-13)6-9-22-14;/h6,9-11,15,18H,3-5,7-8H2,1-2H3;1H. The van der Waals surface area contributed by atoms with Crippen LogP contribution in [-0.2, 0) is 14.2 Å². The Morgan fingerprint density at radius 3 is 2.84 bits per heavy atom. The van der Waals surface area contributed by atoms with Gasteiger partial charge < -0.3 is 28.5 Å². The molecule has 0 aliphatic carbocycles. The van der Waals surface area contributed by atoms with E-state index in [1.165, 1.54) is 6.26 Å². The van der Waals surface area contributed by atoms with Crippen molar-refractivity contribution >= 4 is 23.2 Å². The van der Waals surface area contributed by atoms with E-state index in [1.807, 2.05) is 7.05 Å². The van der Waals surface area contributed by atoms with Crippen LogP contribution in [0.2, 0.25) is 0 Å². The van der Waals surface area contributed by atoms with Crippen LogP contribution in [0.25, 0.3) is 11.1 Å². The zero-order valence-electron chi connectivity index (χ0n) is 14.3. The maximum absolute atomic E-state index is 12.2. The summed E-state index contributed by atoms with van der Waals surface area (Å²) in [5, 5.41) is 0. The third kappa shape index (κ3) is 4.33. The minimum absolute atomic E-state index is 0. The van der Waals surface area contributed by atoms with E-state index in [9.17, 15) is 9.59 Å². The average Bonchev–Trinajstić information content (AvgIpc) is 3.18. The van der Waals surface area contributed by atoms with Crippen LogP contribution in [0.3, 0.4) is 0 Å². The van der Waals surface area contributed by atoms with E-state index >= 15 is 0 Å². The lowest BCUT2D eigenvalue weighted by Gasteiger charge is -2.28. The zero-order valence-corrected chi connectivity index (χ0v) is 14.3. The van der Waals surface area contributed by atoms with E-state index in [-0.39, 0.29) is 13.2 Å². The SMILES string of the molecule is CCC(OC(=O)OC1CCN(C)CC1)OC(=O)c1cc2occc2[nH]1.[HH]. The van der Waals surface area contributed by atoms with Crippen molar-refractivity contribution < 1.29 is 29.6 Å². The maximum atomic E-state index is 12.2. The van der Waals surface area contributed by atoms with Gasteiger partial charge in [0.1, 0.15) is 11.8 Å². The first-order valence-electron chi connectivity index (χ1n) is 8.38. The number of nitrogens with zero attached hydrogens (tertiary/aromatic N) is 1. The van der Waals surface area contributed by atoms with Crippen LogP contribution >= 0.6 is 0 Å². The molecule has 0 radical (unpaired) electrons. The molecule has 1 unspecified atom stereocenters. The van der Waals surface area contributed by atoms with Gasteiger partial charge in [0.25, 0.3) is 6.29 Å². The number of aromatic amines is 1. The van der Waals surface area contributed by atoms with E-state index in [4.69, 9.17) is 18.6 Å². The Hall–Kier alpha value is -2.48. The molecule has 1 fully saturated rings. The minimum Gasteiger partial charge on any atom is -0.463 e. The molecule has 8 nitrogen and oxygen atoms in total. The molecule has 0 saturated carbocycles. The molecule has 25 heavy (non-hydrogen) atoms. The van der Waals surface area contributed by atoms with Crippen LogP contribution in [0.4, 0.5) is 4.79 Å². The van der Waals surface area contributed by atoms with Crippen molar-refractivity contribution in [1.82, 2.24) is 9.88 Å². The number of hydrogen-bond donors (Lipinski definition) is 1. The molecule has 1 atom stereocenters. The summed E-state index contributed by atoms with van der Waals surface area (Å²) < 4.78 is 20.8. The molecular formula is C17H24N2O6. The molecule has 1 aliphatic rings. The zero-order chi connectivity index (χ0) is 17.8. The largest absolute Gasteiger partial charge is 0.511 e. The van der Waals surface area contributed by atoms with Gasteiger partial charge >= 0.3 is 12.1 Å². The third-order valence-electron chi connectivity index (χ3n) is 4.19. The van der Waals surface area contributed by atoms with Gasteiger partial charge in [0.2, 0.25) is 0 Å². The number of fused-ring (bicyclic) bond motifs is 1. The van der Waals surface area contributed by atoms with Gasteiger partial charge in [-0.2, -0.15) is 0 Å². The number of likely N-dealkylation sites (tertiary alicyclic amines) is 1. The average molecular weight is 352 g/mol. The number of nitrogens with one attached hydrogen (secondary N) is 1. The summed E-state index contributed by atoms with van der Waals surface area (Å²) in [5.41, 5.74) is 1.49. The smallest absolute Gasteiger partial charge is 0.463 e. The highest BCUT2D eigenvalue weighted by Gasteiger charge is 2.25. The minimum atomic E-state index is -0.999. The van der Waals surface area contributed by atoms with Crippen LogP contribution < -0.4 is 0 Å². The highest BCUT2D eigenvalue weighted by Crippen LogP contribution is 2.18. The van der Waals surface area contributed by atoms with E-state index in [1.54, 1.807) is 19.1 Å². The lowest BCUT2D eigenvalue weighted by atomic mass is 10.1. The first-order chi connectivity index (χ1) is 12.0. The topological polar surface area (TPSA) is 94.0 Å². The molecule has 0 aromatic carbocycles. The number of ether oxygens (including phenoxy) is 3. The van der Waals surface area contributed by atoms with Gasteiger partial charge in [-0.3, -0.25) is 0 Å². The highest BCUT2D eigenvalue weighted by atomic mass is 16.8. The number of hydrogen-bond acceptors (Lipinski definition) is 7. The van der Waals surface area contributed by atoms with Gasteiger partial charge in [-0.15, -0.1) is 0 Å². The molecule has 3 heterocycles. The highest BCUT2D eigenvalue weighted by molar-refractivity contribution is 5.93. The quantitative estimate of drug-likeness (QED) is 0.652. The second-order valence-electron chi connectivity index (χ2n) is 6.11. The lowest BCUT2D eigenvalue weighted by molar-refractivity contribution is -0.103. The Morgan fingerprint density at radius 2 is 2.16 bits per heavy atom. The third-order valence-corrected chi connectivity index (χ3v) is 4.19. The fourth-order valence-corrected chi connectivity index (χ4v) is 2.71. The van der Waals surface area contributed by atoms with Crippen LogP contribution in [-0.4, -0.2) is 54.5 Å². The summed E-state index contributed by atoms with van der Waals surface area (Å²) in [4.78, 5) is 29.1. The number of rotatable bonds is 5. The van der Waals surface area contributed by atoms with Crippen molar-refractivity contribution in [2.45, 2.75) is 38.6 Å². The first kappa shape index (κ1) is 17.3. The number of furan rings is 1. The van der Waals surface area contributed by atoms with Crippen LogP contribution in [0.5, 0.6) is 0 Å². The Labute approximate surface area is 146 Å². The van der Waals surface area contributed by atoms with Crippen molar-refractivity contribution in [2.75, 3.05) is 20.1 Å². The molecule has 3 rings (SSSR count). The summed E-state index contributed by atoms with van der Waals surface area (Å²) in [5.74, 6) is -0.620. The van der Waals surface area contributed by atoms with E-state index in [0.29, 0.717) is 17.5 Å². The Balaban J connectivity index is 0.00000243. The second-order valence-corrected chi connectivity index (χ2v) is 6.11. The summed E-state index contributed by atoms with van der Waals surface area (Å²) >= 11 is 0. The number of H-pyrrole nitrogens is 1. The fourth-order valence-electron chi connectivity index (χ4n) is 2.71. The van der Waals surface area contributed by atoms with Crippen molar-refractivity contribution in [1.29, 1.82) is 0 Å². The van der Waals surface area contributed by atoms with Crippen LogP contribution in [0.1, 0.15) is 38.1 Å². The fraction of sp³-hybridized carbons (Fsp3) is 0.529. The van der Waals surface area contributed by atoms with E-state index in [0.717, 1.165) is 25.9 Å². The van der Waals surface area contributed by atoms with E-state index in [2.05, 4.69) is 9.88 Å². The van der Waals surface area contributed by atoms with Gasteiger partial charge in [-0.1, -0.05) is 6.92 Å². The second kappa shape index (κ2) is 7.60. The molecule has 138 valence electrons. The van der Waals surface area contributed by atoms with Crippen molar-refractivity contribution in [3.63, 3.8) is 0 Å². The van der Waals surface area contributed by atoms with Gasteiger partial charge in [0.05, 0.1) is 11.8 Å². The molecule has 1 saturated heterocycles. The van der Waals surface area contributed by atoms with Crippen molar-refractivity contribution in [3.8, 4) is 0 Å². The number of aromatic nitrogens is 1. The van der Waals surface area contributed by atoms with E-state index < -0.39 is 18.4 Å². The summed E-state index contributed by atoms with van der Waals surface area (Å²) in [6, 6.07) is 3.25. The van der Waals surface area contributed by atoms with Crippen molar-refractivity contribution in [3.05, 3.63) is 24.1 Å². The van der Waals surface area contributed by atoms with Crippen LogP contribution in [0, 0.1) is 0 Å². The van der Waals surface area contributed by atoms with Gasteiger partial charge in [-0.05, 0) is 19.9 Å². The summed E-state index contributed by atoms with van der Waals surface area (Å²) in [6.07, 6.45) is 1.41. The Bertz CT molecular complexity index is 706. The number of piperidine rings is 1. The summed E-state index contributed by atoms with van der Waals surface area (Å²) in [7, 11) is 2.03. The Morgan fingerprint density at radius 1 is 1.40 bits per heavy atom. The Kier molecular flexibility index (Phi) is 5.28. The van der Waals surface area contributed by atoms with Gasteiger partial charge in [-0.25, -0.2) is 9.59 Å². The molecule has 0 bridgehead atoms. The molecule has 0 amide bonds. The maximum Gasteiger partial charge on any atom is 0.511 e. The lowest BCUT2D eigenvalue weighted by Crippen LogP contribution is -2.36. The molecule has 2 aromatic rings. The van der Waals surface area contributed by atoms with Gasteiger partial charge in [0.15, 0.2) is 5.58 Å². The predicted molar refractivity (Wildman–Crippen MR) is 90.3 cm³/mol. The predicted octanol–water partition coefficient (Wildman–Crippen LogP) is 3.15. The number of esters is 1. The van der Waals surface area contributed by atoms with Crippen LogP contribution in [0.15, 0.2) is 22.8 Å². The monoisotopic (exact) mass is 352 g/mol. The number of carbonyl (C=O) groups is 2. The molecule has 0 spiro atoms. The normalized spacial score (nSPS) is 17.4. The molecule has 1 N–H and O–H groups in total. The number of carbonyl (C=O) groups excluding carboxylic acids is 2. The molecule has 1 aliphatic heterocycles. The molecular weight excluding hydrogens is 328 g/mol. The molecule has 2 aromatic heterocycles. The van der Waals surface area contributed by atoms with Gasteiger partial charge in [0, 0.05) is 33.1 Å². The summed E-state index contributed by atoms with van der Waals surface area (Å²) in [6.45, 7) is 3.50.